The molecule has 0 radical (unpaired) electrons. The highest BCUT2D eigenvalue weighted by molar-refractivity contribution is 6.02. The Kier molecular flexibility index (Phi) is 4.42. The number of urea groups is 1. The third kappa shape index (κ3) is 3.04. The molecule has 28 heavy (non-hydrogen) atoms. The maximum absolute atomic E-state index is 12.1. The third-order valence-corrected chi connectivity index (χ3v) is 4.68. The monoisotopic (exact) mass is 372 g/mol. The number of nitrogens with one attached hydrogen (secondary N) is 1. The van der Waals surface area contributed by atoms with Crippen LogP contribution in [0.1, 0.15) is 5.56 Å². The molecule has 7 N–H and O–H groups in total. The van der Waals surface area contributed by atoms with E-state index in [-0.39, 0.29) is 0 Å². The topological polar surface area (TPSA) is 127 Å². The Morgan fingerprint density at radius 1 is 1.00 bits per heavy atom. The Bertz CT molecular complexity index is 1150. The molecule has 0 aliphatic carbocycles. The van der Waals surface area contributed by atoms with Crippen LogP contribution in [-0.4, -0.2) is 16.2 Å². The minimum Gasteiger partial charge on any atom is -0.382 e. The average Bonchev–Trinajstić information content (AvgIpc) is 3.10. The van der Waals surface area contributed by atoms with Crippen molar-refractivity contribution in [3.8, 4) is 11.1 Å². The van der Waals surface area contributed by atoms with E-state index in [1.165, 1.54) is 4.90 Å². The van der Waals surface area contributed by atoms with Gasteiger partial charge in [-0.2, -0.15) is 5.10 Å². The van der Waals surface area contributed by atoms with E-state index in [0.717, 1.165) is 27.6 Å². The maximum Gasteiger partial charge on any atom is 0.323 e. The van der Waals surface area contributed by atoms with Gasteiger partial charge < -0.3 is 17.2 Å². The molecule has 7 nitrogen and oxygen atoms in total. The van der Waals surface area contributed by atoms with Gasteiger partial charge in [0.25, 0.3) is 0 Å². The zero-order valence-electron chi connectivity index (χ0n) is 15.1. The van der Waals surface area contributed by atoms with Crippen molar-refractivity contribution in [3.05, 3.63) is 72.3 Å². The summed E-state index contributed by atoms with van der Waals surface area (Å²) in [5, 5.41) is 7.87. The summed E-state index contributed by atoms with van der Waals surface area (Å²) in [5.74, 6) is 0.451. The lowest BCUT2D eigenvalue weighted by atomic mass is 10.0. The zero-order chi connectivity index (χ0) is 19.7. The molecule has 0 aliphatic heterocycles. The summed E-state index contributed by atoms with van der Waals surface area (Å²) < 4.78 is 0. The van der Waals surface area contributed by atoms with Crippen molar-refractivity contribution >= 4 is 34.1 Å². The first-order valence-electron chi connectivity index (χ1n) is 8.80. The molecule has 4 rings (SSSR count). The Balaban J connectivity index is 1.75. The molecular formula is C21H20N6O. The summed E-state index contributed by atoms with van der Waals surface area (Å²) in [6.07, 6.45) is 0. The maximum atomic E-state index is 12.1. The van der Waals surface area contributed by atoms with E-state index in [0.29, 0.717) is 23.7 Å². The number of aromatic amines is 1. The molecular weight excluding hydrogens is 352 g/mol. The number of hydrogen-bond donors (Lipinski definition) is 4. The minimum absolute atomic E-state index is 0.384. The van der Waals surface area contributed by atoms with Gasteiger partial charge in [0.05, 0.1) is 22.3 Å². The summed E-state index contributed by atoms with van der Waals surface area (Å²) >= 11 is 0. The number of fused-ring (bicyclic) bond motifs is 1. The summed E-state index contributed by atoms with van der Waals surface area (Å²) in [7, 11) is 0. The van der Waals surface area contributed by atoms with Gasteiger partial charge in [-0.25, -0.2) is 4.79 Å². The van der Waals surface area contributed by atoms with Crippen LogP contribution in [0.25, 0.3) is 22.0 Å². The number of carbonyl (C=O) groups excluding carboxylic acids is 1. The van der Waals surface area contributed by atoms with Crippen LogP contribution in [0.4, 0.5) is 22.0 Å². The first kappa shape index (κ1) is 17.6. The lowest BCUT2D eigenvalue weighted by molar-refractivity contribution is 0.256. The predicted octanol–water partition coefficient (Wildman–Crippen LogP) is 3.49. The molecule has 7 heteroatoms. The van der Waals surface area contributed by atoms with E-state index in [2.05, 4.69) is 10.2 Å². The fourth-order valence-corrected chi connectivity index (χ4v) is 3.35. The number of nitrogens with two attached hydrogens (primary N) is 3. The van der Waals surface area contributed by atoms with E-state index >= 15 is 0 Å². The molecule has 140 valence electrons. The summed E-state index contributed by atoms with van der Waals surface area (Å²) in [5.41, 5.74) is 22.4. The van der Waals surface area contributed by atoms with Crippen molar-refractivity contribution in [2.45, 2.75) is 6.54 Å². The Morgan fingerprint density at radius 2 is 1.75 bits per heavy atom. The standard InChI is InChI=1S/C21H20N6O/c22-12-13-3-1-4-16(11-13)27(21(24)28)15-9-7-14(8-10-15)17-5-2-6-18-19(17)20(23)26-25-18/h1-11H,12,22H2,(H2,24,28)(H3,23,25,26). The van der Waals surface area contributed by atoms with Gasteiger partial charge in [-0.3, -0.25) is 10.00 Å². The number of anilines is 3. The van der Waals surface area contributed by atoms with Gasteiger partial charge in [-0.1, -0.05) is 36.4 Å². The Morgan fingerprint density at radius 3 is 2.46 bits per heavy atom. The number of carbonyl (C=O) groups is 1. The predicted molar refractivity (Wildman–Crippen MR) is 112 cm³/mol. The van der Waals surface area contributed by atoms with Crippen molar-refractivity contribution in [3.63, 3.8) is 0 Å². The summed E-state index contributed by atoms with van der Waals surface area (Å²) in [6.45, 7) is 0.384. The number of primary amides is 1. The van der Waals surface area contributed by atoms with E-state index < -0.39 is 6.03 Å². The van der Waals surface area contributed by atoms with Gasteiger partial charge >= 0.3 is 6.03 Å². The molecule has 0 saturated carbocycles. The average molecular weight is 372 g/mol. The van der Waals surface area contributed by atoms with Crippen LogP contribution >= 0.6 is 0 Å². The first-order valence-corrected chi connectivity index (χ1v) is 8.80. The van der Waals surface area contributed by atoms with Gasteiger partial charge in [0.2, 0.25) is 0 Å². The van der Waals surface area contributed by atoms with Crippen LogP contribution in [0.5, 0.6) is 0 Å². The highest BCUT2D eigenvalue weighted by Gasteiger charge is 2.16. The molecule has 0 atom stereocenters. The molecule has 0 fully saturated rings. The fourth-order valence-electron chi connectivity index (χ4n) is 3.35. The number of nitrogens with zero attached hydrogens (tertiary/aromatic N) is 2. The second-order valence-corrected chi connectivity index (χ2v) is 6.43. The number of rotatable bonds is 4. The van der Waals surface area contributed by atoms with E-state index in [1.807, 2.05) is 66.7 Å². The molecule has 0 spiro atoms. The van der Waals surface area contributed by atoms with Gasteiger partial charge in [-0.05, 0) is 47.0 Å². The van der Waals surface area contributed by atoms with Crippen LogP contribution in [0.2, 0.25) is 0 Å². The second kappa shape index (κ2) is 7.05. The molecule has 4 aromatic rings. The number of nitrogen functional groups attached to an aromatic ring is 1. The van der Waals surface area contributed by atoms with Gasteiger partial charge in [0.15, 0.2) is 5.82 Å². The van der Waals surface area contributed by atoms with E-state index in [9.17, 15) is 4.79 Å². The molecule has 0 bridgehead atoms. The first-order chi connectivity index (χ1) is 13.6. The van der Waals surface area contributed by atoms with E-state index in [1.54, 1.807) is 0 Å². The number of amides is 2. The Labute approximate surface area is 161 Å². The summed E-state index contributed by atoms with van der Waals surface area (Å²) in [6, 6.07) is 20.3. The number of H-pyrrole nitrogens is 1. The van der Waals surface area contributed by atoms with Crippen molar-refractivity contribution in [2.75, 3.05) is 10.6 Å². The van der Waals surface area contributed by atoms with Gasteiger partial charge in [0, 0.05) is 6.54 Å². The third-order valence-electron chi connectivity index (χ3n) is 4.68. The molecule has 3 aromatic carbocycles. The molecule has 1 heterocycles. The van der Waals surface area contributed by atoms with Crippen LogP contribution < -0.4 is 22.1 Å². The highest BCUT2D eigenvalue weighted by atomic mass is 16.2. The van der Waals surface area contributed by atoms with Gasteiger partial charge in [-0.15, -0.1) is 0 Å². The van der Waals surface area contributed by atoms with Gasteiger partial charge in [0.1, 0.15) is 0 Å². The molecule has 0 unspecified atom stereocenters. The molecule has 0 aliphatic rings. The largest absolute Gasteiger partial charge is 0.382 e. The van der Waals surface area contributed by atoms with Crippen molar-refractivity contribution in [1.82, 2.24) is 10.2 Å². The van der Waals surface area contributed by atoms with E-state index in [4.69, 9.17) is 17.2 Å². The van der Waals surface area contributed by atoms with Crippen molar-refractivity contribution < 1.29 is 4.79 Å². The normalized spacial score (nSPS) is 10.9. The van der Waals surface area contributed by atoms with Crippen molar-refractivity contribution in [2.24, 2.45) is 11.5 Å². The second-order valence-electron chi connectivity index (χ2n) is 6.43. The smallest absolute Gasteiger partial charge is 0.323 e. The van der Waals surface area contributed by atoms with Crippen LogP contribution in [0.3, 0.4) is 0 Å². The van der Waals surface area contributed by atoms with Crippen LogP contribution in [0.15, 0.2) is 66.7 Å². The zero-order valence-corrected chi connectivity index (χ0v) is 15.1. The minimum atomic E-state index is -0.567. The molecule has 1 aromatic heterocycles. The fraction of sp³-hybridized carbons (Fsp3) is 0.0476. The molecule has 2 amide bonds. The van der Waals surface area contributed by atoms with Crippen molar-refractivity contribution in [1.29, 1.82) is 0 Å². The van der Waals surface area contributed by atoms with Crippen LogP contribution in [-0.2, 0) is 6.54 Å². The lowest BCUT2D eigenvalue weighted by Gasteiger charge is -2.21. The Hall–Kier alpha value is -3.84. The number of aromatic nitrogens is 2. The quantitative estimate of drug-likeness (QED) is 0.437. The highest BCUT2D eigenvalue weighted by Crippen LogP contribution is 2.33. The number of benzene rings is 3. The number of hydrogen-bond acceptors (Lipinski definition) is 4. The summed E-state index contributed by atoms with van der Waals surface area (Å²) in [4.78, 5) is 13.6. The lowest BCUT2D eigenvalue weighted by Crippen LogP contribution is -2.31. The van der Waals surface area contributed by atoms with Crippen LogP contribution in [0, 0.1) is 0 Å². The molecule has 0 saturated heterocycles. The SMILES string of the molecule is NCc1cccc(N(C(N)=O)c2ccc(-c3cccc4[nH]nc(N)c34)cc2)c1.